The first-order valence-corrected chi connectivity index (χ1v) is 13.6. The zero-order valence-electron chi connectivity index (χ0n) is 24.9. The van der Waals surface area contributed by atoms with Crippen molar-refractivity contribution in [3.63, 3.8) is 0 Å². The summed E-state index contributed by atoms with van der Waals surface area (Å²) >= 11 is 0. The second-order valence-corrected chi connectivity index (χ2v) is 11.3. The molecule has 0 aliphatic rings. The molecule has 0 bridgehead atoms. The number of methoxy groups -OCH3 is 1. The molecule has 2 N–H and O–H groups in total. The lowest BCUT2D eigenvalue weighted by molar-refractivity contribution is -0.141. The zero-order valence-corrected chi connectivity index (χ0v) is 24.9. The molecule has 8 heteroatoms. The number of amides is 3. The van der Waals surface area contributed by atoms with E-state index in [2.05, 4.69) is 10.6 Å². The molecule has 2 aromatic rings. The fraction of sp³-hybridized carbons (Fsp3) is 0.516. The van der Waals surface area contributed by atoms with Gasteiger partial charge in [0.05, 0.1) is 7.11 Å². The molecule has 0 spiro atoms. The summed E-state index contributed by atoms with van der Waals surface area (Å²) in [6, 6.07) is 11.2. The predicted molar refractivity (Wildman–Crippen MR) is 155 cm³/mol. The normalized spacial score (nSPS) is 12.9. The fourth-order valence-electron chi connectivity index (χ4n) is 4.35. The number of nitrogens with zero attached hydrogens (tertiary/aromatic N) is 1. The summed E-state index contributed by atoms with van der Waals surface area (Å²) in [6.07, 6.45) is 0.852. The van der Waals surface area contributed by atoms with Crippen LogP contribution in [0.15, 0.2) is 42.5 Å². The lowest BCUT2D eigenvalue weighted by atomic mass is 9.96. The molecule has 0 saturated heterocycles. The molecule has 2 unspecified atom stereocenters. The van der Waals surface area contributed by atoms with Gasteiger partial charge in [-0.2, -0.15) is 0 Å². The monoisotopic (exact) mass is 539 g/mol. The number of anilines is 1. The largest absolute Gasteiger partial charge is 0.497 e. The van der Waals surface area contributed by atoms with Crippen molar-refractivity contribution in [1.82, 2.24) is 10.2 Å². The van der Waals surface area contributed by atoms with Crippen molar-refractivity contribution in [3.05, 3.63) is 59.2 Å². The predicted octanol–water partition coefficient (Wildman–Crippen LogP) is 6.17. The van der Waals surface area contributed by atoms with Crippen LogP contribution < -0.4 is 15.4 Å². The smallest absolute Gasteiger partial charge is 0.408 e. The number of unbranched alkanes of at least 4 members (excludes halogenated alkanes) is 1. The highest BCUT2D eigenvalue weighted by Crippen LogP contribution is 2.28. The molecule has 0 heterocycles. The summed E-state index contributed by atoms with van der Waals surface area (Å²) in [7, 11) is 1.58. The Morgan fingerprint density at radius 2 is 1.56 bits per heavy atom. The molecular formula is C31H45N3O5. The molecule has 3 amide bonds. The molecule has 39 heavy (non-hydrogen) atoms. The van der Waals surface area contributed by atoms with Crippen molar-refractivity contribution in [3.8, 4) is 5.75 Å². The van der Waals surface area contributed by atoms with E-state index in [-0.39, 0.29) is 17.7 Å². The van der Waals surface area contributed by atoms with Crippen LogP contribution in [0.5, 0.6) is 5.75 Å². The van der Waals surface area contributed by atoms with E-state index in [0.717, 1.165) is 17.5 Å². The fourth-order valence-corrected chi connectivity index (χ4v) is 4.35. The van der Waals surface area contributed by atoms with Gasteiger partial charge in [0, 0.05) is 12.2 Å². The van der Waals surface area contributed by atoms with Gasteiger partial charge in [0.1, 0.15) is 23.4 Å². The molecule has 0 saturated carbocycles. The molecule has 2 atom stereocenters. The first-order chi connectivity index (χ1) is 18.2. The summed E-state index contributed by atoms with van der Waals surface area (Å²) in [4.78, 5) is 42.4. The lowest BCUT2D eigenvalue weighted by Crippen LogP contribution is -2.54. The second kappa shape index (κ2) is 14.0. The Labute approximate surface area is 233 Å². The quantitative estimate of drug-likeness (QED) is 0.356. The Morgan fingerprint density at radius 3 is 2.05 bits per heavy atom. The van der Waals surface area contributed by atoms with Crippen LogP contribution in [0.25, 0.3) is 0 Å². The number of nitrogens with one attached hydrogen (secondary N) is 2. The Kier molecular flexibility index (Phi) is 11.4. The lowest BCUT2D eigenvalue weighted by Gasteiger charge is -2.36. The third-order valence-electron chi connectivity index (χ3n) is 6.12. The Bertz CT molecular complexity index is 1100. The van der Waals surface area contributed by atoms with Crippen LogP contribution in [-0.2, 0) is 14.3 Å². The topological polar surface area (TPSA) is 97.0 Å². The Hall–Kier alpha value is -3.55. The summed E-state index contributed by atoms with van der Waals surface area (Å²) in [5.41, 5.74) is 2.56. The molecule has 8 nitrogen and oxygen atoms in total. The third-order valence-corrected chi connectivity index (χ3v) is 6.12. The average Bonchev–Trinajstić information content (AvgIpc) is 2.83. The van der Waals surface area contributed by atoms with Crippen LogP contribution in [0.1, 0.15) is 77.1 Å². The molecule has 0 aromatic heterocycles. The third kappa shape index (κ3) is 9.61. The van der Waals surface area contributed by atoms with Gasteiger partial charge in [-0.3, -0.25) is 9.59 Å². The van der Waals surface area contributed by atoms with E-state index in [1.165, 1.54) is 0 Å². The van der Waals surface area contributed by atoms with Gasteiger partial charge in [-0.05, 0) is 76.8 Å². The van der Waals surface area contributed by atoms with Crippen molar-refractivity contribution in [2.75, 3.05) is 19.0 Å². The van der Waals surface area contributed by atoms with Crippen LogP contribution in [-0.4, -0.2) is 48.1 Å². The molecule has 214 valence electrons. The highest BCUT2D eigenvalue weighted by molar-refractivity contribution is 5.99. The molecule has 2 aromatic carbocycles. The highest BCUT2D eigenvalue weighted by Gasteiger charge is 2.37. The minimum absolute atomic E-state index is 0.237. The van der Waals surface area contributed by atoms with Crippen LogP contribution in [0.4, 0.5) is 10.5 Å². The SMILES string of the molecule is CCCCN(C(=O)C(NC(=O)OC(C)(C)C)C(C)C)C(C(=O)Nc1ccc(OC)cc1)c1cc(C)cc(C)c1. The van der Waals surface area contributed by atoms with E-state index in [0.29, 0.717) is 30.0 Å². The van der Waals surface area contributed by atoms with E-state index < -0.39 is 23.8 Å². The van der Waals surface area contributed by atoms with E-state index >= 15 is 0 Å². The van der Waals surface area contributed by atoms with E-state index in [1.807, 2.05) is 52.8 Å². The number of benzene rings is 2. The van der Waals surface area contributed by atoms with E-state index in [9.17, 15) is 14.4 Å². The van der Waals surface area contributed by atoms with Crippen molar-refractivity contribution in [1.29, 1.82) is 0 Å². The molecule has 0 aliphatic heterocycles. The van der Waals surface area contributed by atoms with Gasteiger partial charge >= 0.3 is 6.09 Å². The van der Waals surface area contributed by atoms with Gasteiger partial charge in [-0.15, -0.1) is 0 Å². The molecule has 0 fully saturated rings. The summed E-state index contributed by atoms with van der Waals surface area (Å²) < 4.78 is 10.7. The minimum atomic E-state index is -0.911. The first kappa shape index (κ1) is 31.7. The van der Waals surface area contributed by atoms with Crippen LogP contribution >= 0.6 is 0 Å². The molecule has 2 rings (SSSR count). The summed E-state index contributed by atoms with van der Waals surface area (Å²) in [5, 5.41) is 5.74. The van der Waals surface area contributed by atoms with Gasteiger partial charge in [-0.1, -0.05) is 56.5 Å². The van der Waals surface area contributed by atoms with Gasteiger partial charge < -0.3 is 25.0 Å². The zero-order chi connectivity index (χ0) is 29.3. The minimum Gasteiger partial charge on any atom is -0.497 e. The van der Waals surface area contributed by atoms with Gasteiger partial charge in [0.2, 0.25) is 5.91 Å². The van der Waals surface area contributed by atoms with Crippen LogP contribution in [0.3, 0.4) is 0 Å². The van der Waals surface area contributed by atoms with Crippen molar-refractivity contribution >= 4 is 23.6 Å². The molecule has 0 radical (unpaired) electrons. The number of carbonyl (C=O) groups excluding carboxylic acids is 3. The van der Waals surface area contributed by atoms with Crippen LogP contribution in [0.2, 0.25) is 0 Å². The van der Waals surface area contributed by atoms with Crippen molar-refractivity contribution in [2.45, 2.75) is 85.9 Å². The number of alkyl carbamates (subject to hydrolysis) is 1. The van der Waals surface area contributed by atoms with Crippen LogP contribution in [0, 0.1) is 19.8 Å². The second-order valence-electron chi connectivity index (χ2n) is 11.3. The van der Waals surface area contributed by atoms with Gasteiger partial charge in [0.15, 0.2) is 0 Å². The summed E-state index contributed by atoms with van der Waals surface area (Å²) in [5.74, 6) is -0.238. The van der Waals surface area contributed by atoms with E-state index in [4.69, 9.17) is 9.47 Å². The maximum Gasteiger partial charge on any atom is 0.408 e. The number of ether oxygens (including phenoxy) is 2. The Balaban J connectivity index is 2.54. The number of hydrogen-bond acceptors (Lipinski definition) is 5. The maximum absolute atomic E-state index is 14.2. The van der Waals surface area contributed by atoms with E-state index in [1.54, 1.807) is 57.0 Å². The average molecular weight is 540 g/mol. The molecule has 0 aliphatic carbocycles. The first-order valence-electron chi connectivity index (χ1n) is 13.6. The van der Waals surface area contributed by atoms with Gasteiger partial charge in [0.25, 0.3) is 5.91 Å². The van der Waals surface area contributed by atoms with Crippen molar-refractivity contribution < 1.29 is 23.9 Å². The number of carbonyl (C=O) groups is 3. The number of aryl methyl sites for hydroxylation is 2. The highest BCUT2D eigenvalue weighted by atomic mass is 16.6. The number of rotatable bonds is 11. The van der Waals surface area contributed by atoms with Gasteiger partial charge in [-0.25, -0.2) is 4.79 Å². The number of hydrogen-bond donors (Lipinski definition) is 2. The Morgan fingerprint density at radius 1 is 0.974 bits per heavy atom. The van der Waals surface area contributed by atoms with Crippen molar-refractivity contribution in [2.24, 2.45) is 5.92 Å². The maximum atomic E-state index is 14.2. The standard InChI is InChI=1S/C31H45N3O5/c1-10-11-16-34(29(36)26(20(2)3)33-30(37)39-31(6,7)8)27(23-18-21(4)17-22(5)19-23)28(35)32-24-12-14-25(38-9)15-13-24/h12-15,17-20,26-27H,10-11,16H2,1-9H3,(H,32,35)(H,33,37). The molecular weight excluding hydrogens is 494 g/mol. The summed E-state index contributed by atoms with van der Waals surface area (Å²) in [6.45, 7) is 15.3.